The number of fused-ring (bicyclic) bond motifs is 3. The number of hydrogen-bond donors (Lipinski definition) is 0. The quantitative estimate of drug-likeness (QED) is 0.224. The van der Waals surface area contributed by atoms with Crippen molar-refractivity contribution in [3.63, 3.8) is 0 Å². The summed E-state index contributed by atoms with van der Waals surface area (Å²) in [5, 5.41) is 4.57. The van der Waals surface area contributed by atoms with E-state index < -0.39 is 0 Å². The zero-order valence-electron chi connectivity index (χ0n) is 23.0. The van der Waals surface area contributed by atoms with E-state index in [1.54, 1.807) is 0 Å². The first-order chi connectivity index (χ1) is 20.8. The van der Waals surface area contributed by atoms with Gasteiger partial charge in [-0.2, -0.15) is 0 Å². The molecule has 0 aliphatic heterocycles. The van der Waals surface area contributed by atoms with Crippen molar-refractivity contribution in [3.8, 4) is 45.3 Å². The summed E-state index contributed by atoms with van der Waals surface area (Å²) < 4.78 is 0. The van der Waals surface area contributed by atoms with Crippen LogP contribution >= 0.6 is 0 Å². The highest BCUT2D eigenvalue weighted by molar-refractivity contribution is 5.97. The summed E-state index contributed by atoms with van der Waals surface area (Å²) in [6.07, 6.45) is 6.66. The Bertz CT molecular complexity index is 2030. The fraction of sp³-hybridized carbons (Fsp3) is 0.0513. The number of nitrogens with zero attached hydrogens (tertiary/aromatic N) is 3. The molecule has 8 rings (SSSR count). The van der Waals surface area contributed by atoms with E-state index in [0.717, 1.165) is 51.1 Å². The predicted octanol–water partition coefficient (Wildman–Crippen LogP) is 9.81. The van der Waals surface area contributed by atoms with Gasteiger partial charge in [0.2, 0.25) is 0 Å². The largest absolute Gasteiger partial charge is 0.208 e. The number of allylic oxidation sites excluding steroid dienone is 1. The SMILES string of the molecule is C1=Cc2cccc(-c3ccc(-c4nc(-c5cccc6ccccc56)nc(-c5cccc6ccccc56)n4)cc3)c2CC1. The Kier molecular flexibility index (Phi) is 5.93. The molecule has 6 aromatic carbocycles. The second-order valence-electron chi connectivity index (χ2n) is 10.8. The first-order valence-corrected chi connectivity index (χ1v) is 14.4. The lowest BCUT2D eigenvalue weighted by atomic mass is 9.89. The summed E-state index contributed by atoms with van der Waals surface area (Å²) in [5.41, 5.74) is 8.21. The molecule has 0 bridgehead atoms. The molecule has 1 aliphatic carbocycles. The highest BCUT2D eigenvalue weighted by Gasteiger charge is 2.16. The topological polar surface area (TPSA) is 38.7 Å². The summed E-state index contributed by atoms with van der Waals surface area (Å²) >= 11 is 0. The van der Waals surface area contributed by atoms with Gasteiger partial charge in [0.15, 0.2) is 17.5 Å². The molecule has 0 atom stereocenters. The van der Waals surface area contributed by atoms with Crippen LogP contribution in [0, 0.1) is 0 Å². The first-order valence-electron chi connectivity index (χ1n) is 14.4. The third-order valence-corrected chi connectivity index (χ3v) is 8.22. The van der Waals surface area contributed by atoms with Crippen molar-refractivity contribution in [1.29, 1.82) is 0 Å². The Morgan fingerprint density at radius 2 is 0.952 bits per heavy atom. The summed E-state index contributed by atoms with van der Waals surface area (Å²) in [4.78, 5) is 15.2. The molecule has 1 aliphatic rings. The van der Waals surface area contributed by atoms with Crippen molar-refractivity contribution in [1.82, 2.24) is 15.0 Å². The molecule has 3 heteroatoms. The Balaban J connectivity index is 1.30. The lowest BCUT2D eigenvalue weighted by molar-refractivity contribution is 0.988. The predicted molar refractivity (Wildman–Crippen MR) is 174 cm³/mol. The van der Waals surface area contributed by atoms with Gasteiger partial charge in [-0.25, -0.2) is 15.0 Å². The number of benzene rings is 6. The average Bonchev–Trinajstić information content (AvgIpc) is 3.07. The maximum atomic E-state index is 5.08. The maximum Gasteiger partial charge on any atom is 0.164 e. The van der Waals surface area contributed by atoms with Crippen molar-refractivity contribution in [3.05, 3.63) is 145 Å². The molecule has 0 unspecified atom stereocenters. The van der Waals surface area contributed by atoms with E-state index in [9.17, 15) is 0 Å². The lowest BCUT2D eigenvalue weighted by Gasteiger charge is -2.16. The summed E-state index contributed by atoms with van der Waals surface area (Å²) in [5.74, 6) is 2.01. The fourth-order valence-electron chi connectivity index (χ4n) is 6.13. The first kappa shape index (κ1) is 24.4. The normalized spacial score (nSPS) is 12.5. The van der Waals surface area contributed by atoms with Crippen LogP contribution in [0.25, 0.3) is 72.9 Å². The van der Waals surface area contributed by atoms with E-state index >= 15 is 0 Å². The van der Waals surface area contributed by atoms with Crippen LogP contribution in [0.2, 0.25) is 0 Å². The van der Waals surface area contributed by atoms with Crippen molar-refractivity contribution in [2.45, 2.75) is 12.8 Å². The van der Waals surface area contributed by atoms with E-state index in [1.807, 2.05) is 0 Å². The van der Waals surface area contributed by atoms with Gasteiger partial charge >= 0.3 is 0 Å². The summed E-state index contributed by atoms with van der Waals surface area (Å²) in [7, 11) is 0. The highest BCUT2D eigenvalue weighted by atomic mass is 15.0. The molecule has 0 radical (unpaired) electrons. The highest BCUT2D eigenvalue weighted by Crippen LogP contribution is 2.34. The Hall–Kier alpha value is -5.41. The average molecular weight is 538 g/mol. The van der Waals surface area contributed by atoms with Crippen LogP contribution in [0.1, 0.15) is 17.5 Å². The van der Waals surface area contributed by atoms with Gasteiger partial charge < -0.3 is 0 Å². The molecule has 0 saturated carbocycles. The maximum absolute atomic E-state index is 5.08. The van der Waals surface area contributed by atoms with E-state index in [2.05, 4.69) is 140 Å². The van der Waals surface area contributed by atoms with Crippen LogP contribution in [0.4, 0.5) is 0 Å². The van der Waals surface area contributed by atoms with Gasteiger partial charge in [0, 0.05) is 16.7 Å². The van der Waals surface area contributed by atoms with E-state index in [0.29, 0.717) is 17.5 Å². The van der Waals surface area contributed by atoms with Crippen LogP contribution in [0.15, 0.2) is 133 Å². The fourth-order valence-corrected chi connectivity index (χ4v) is 6.13. The number of hydrogen-bond acceptors (Lipinski definition) is 3. The summed E-state index contributed by atoms with van der Waals surface area (Å²) in [6, 6.07) is 44.7. The van der Waals surface area contributed by atoms with Gasteiger partial charge in [-0.3, -0.25) is 0 Å². The second-order valence-corrected chi connectivity index (χ2v) is 10.8. The van der Waals surface area contributed by atoms with Crippen LogP contribution in [0.5, 0.6) is 0 Å². The minimum atomic E-state index is 0.667. The van der Waals surface area contributed by atoms with Crippen molar-refractivity contribution < 1.29 is 0 Å². The van der Waals surface area contributed by atoms with Gasteiger partial charge in [0.1, 0.15) is 0 Å². The molecule has 7 aromatic rings. The number of aromatic nitrogens is 3. The van der Waals surface area contributed by atoms with Crippen LogP contribution in [-0.2, 0) is 6.42 Å². The van der Waals surface area contributed by atoms with Gasteiger partial charge in [-0.1, -0.05) is 140 Å². The molecule has 3 nitrogen and oxygen atoms in total. The molecular weight excluding hydrogens is 510 g/mol. The molecular formula is C39H27N3. The molecule has 0 amide bonds. The molecule has 42 heavy (non-hydrogen) atoms. The molecule has 198 valence electrons. The third kappa shape index (κ3) is 4.27. The Morgan fingerprint density at radius 1 is 0.429 bits per heavy atom. The van der Waals surface area contributed by atoms with Crippen LogP contribution in [0.3, 0.4) is 0 Å². The molecule has 0 fully saturated rings. The zero-order chi connectivity index (χ0) is 27.9. The van der Waals surface area contributed by atoms with Crippen molar-refractivity contribution in [2.75, 3.05) is 0 Å². The van der Waals surface area contributed by atoms with Crippen molar-refractivity contribution in [2.24, 2.45) is 0 Å². The van der Waals surface area contributed by atoms with Crippen LogP contribution < -0.4 is 0 Å². The zero-order valence-corrected chi connectivity index (χ0v) is 23.0. The van der Waals surface area contributed by atoms with E-state index in [4.69, 9.17) is 15.0 Å². The lowest BCUT2D eigenvalue weighted by Crippen LogP contribution is -2.01. The van der Waals surface area contributed by atoms with Gasteiger partial charge in [-0.15, -0.1) is 0 Å². The third-order valence-electron chi connectivity index (χ3n) is 8.22. The standard InChI is InChI=1S/C39H27N3/c1-4-16-31-26(10-1)13-7-19-32(31)29-22-24-30(25-23-29)37-40-38(35-20-8-14-27-11-2-5-17-33(27)35)42-39(41-37)36-21-9-15-28-12-3-6-18-34(28)36/h1-3,5-15,17-25H,4,16H2. The Morgan fingerprint density at radius 3 is 1.62 bits per heavy atom. The minimum Gasteiger partial charge on any atom is -0.208 e. The van der Waals surface area contributed by atoms with Crippen LogP contribution in [-0.4, -0.2) is 15.0 Å². The van der Waals surface area contributed by atoms with Gasteiger partial charge in [0.25, 0.3) is 0 Å². The second kappa shape index (κ2) is 10.2. The molecule has 1 aromatic heterocycles. The molecule has 0 N–H and O–H groups in total. The van der Waals surface area contributed by atoms with Crippen molar-refractivity contribution >= 4 is 27.6 Å². The Labute approximate surface area is 244 Å². The summed E-state index contributed by atoms with van der Waals surface area (Å²) in [6.45, 7) is 0. The van der Waals surface area contributed by atoms with Gasteiger partial charge in [-0.05, 0) is 56.6 Å². The monoisotopic (exact) mass is 537 g/mol. The minimum absolute atomic E-state index is 0.667. The van der Waals surface area contributed by atoms with E-state index in [1.165, 1.54) is 22.3 Å². The van der Waals surface area contributed by atoms with E-state index in [-0.39, 0.29) is 0 Å². The molecule has 0 saturated heterocycles. The molecule has 1 heterocycles. The molecule has 0 spiro atoms. The smallest absolute Gasteiger partial charge is 0.164 e. The van der Waals surface area contributed by atoms with Gasteiger partial charge in [0.05, 0.1) is 0 Å². The number of rotatable bonds is 4.